The van der Waals surface area contributed by atoms with Crippen LogP contribution in [0.4, 0.5) is 11.4 Å². The third-order valence-corrected chi connectivity index (χ3v) is 3.22. The monoisotopic (exact) mass is 273 g/mol. The number of methoxy groups -OCH3 is 1. The summed E-state index contributed by atoms with van der Waals surface area (Å²) in [6, 6.07) is 4.69. The first-order chi connectivity index (χ1) is 8.34. The Balaban J connectivity index is 2.78. The highest BCUT2D eigenvalue weighted by Gasteiger charge is 2.11. The van der Waals surface area contributed by atoms with Gasteiger partial charge < -0.3 is 10.5 Å². The zero-order chi connectivity index (χ0) is 13.8. The molecular weight excluding hydrogens is 254 g/mol. The molecule has 1 rings (SSSR count). The van der Waals surface area contributed by atoms with Gasteiger partial charge in [0, 0.05) is 12.6 Å². The molecule has 0 amide bonds. The topological polar surface area (TPSA) is 93.4 Å². The molecule has 0 spiro atoms. The lowest BCUT2D eigenvalue weighted by molar-refractivity contribution is 0.417. The van der Waals surface area contributed by atoms with Gasteiger partial charge in [0.2, 0.25) is 0 Å². The van der Waals surface area contributed by atoms with Crippen molar-refractivity contribution in [3.05, 3.63) is 18.2 Å². The summed E-state index contributed by atoms with van der Waals surface area (Å²) in [6.45, 7) is 4.23. The van der Waals surface area contributed by atoms with E-state index in [2.05, 4.69) is 9.44 Å². The Morgan fingerprint density at radius 2 is 2.06 bits per heavy atom. The largest absolute Gasteiger partial charge is 0.495 e. The molecule has 7 heteroatoms. The lowest BCUT2D eigenvalue weighted by Crippen LogP contribution is -2.32. The highest BCUT2D eigenvalue weighted by molar-refractivity contribution is 7.90. The number of nitrogens with two attached hydrogens (primary N) is 1. The van der Waals surface area contributed by atoms with Gasteiger partial charge in [0.15, 0.2) is 0 Å². The Morgan fingerprint density at radius 3 is 2.61 bits per heavy atom. The summed E-state index contributed by atoms with van der Waals surface area (Å²) in [5, 5.41) is 0. The number of nitrogens with one attached hydrogen (secondary N) is 2. The molecule has 1 aromatic carbocycles. The number of ether oxygens (including phenoxy) is 1. The minimum absolute atomic E-state index is 0.238. The molecule has 102 valence electrons. The smallest absolute Gasteiger partial charge is 0.299 e. The van der Waals surface area contributed by atoms with Crippen LogP contribution >= 0.6 is 0 Å². The first kappa shape index (κ1) is 14.6. The fourth-order valence-electron chi connectivity index (χ4n) is 1.24. The van der Waals surface area contributed by atoms with Gasteiger partial charge in [-0.05, 0) is 18.1 Å². The highest BCUT2D eigenvalue weighted by atomic mass is 32.2. The van der Waals surface area contributed by atoms with Gasteiger partial charge in [-0.3, -0.25) is 4.72 Å². The van der Waals surface area contributed by atoms with Gasteiger partial charge in [0.1, 0.15) is 5.75 Å². The molecule has 18 heavy (non-hydrogen) atoms. The highest BCUT2D eigenvalue weighted by Crippen LogP contribution is 2.25. The maximum absolute atomic E-state index is 11.7. The second-order valence-corrected chi connectivity index (χ2v) is 5.80. The number of anilines is 2. The van der Waals surface area contributed by atoms with E-state index in [-0.39, 0.29) is 5.92 Å². The molecule has 0 bridgehead atoms. The third kappa shape index (κ3) is 4.42. The van der Waals surface area contributed by atoms with Crippen LogP contribution < -0.4 is 19.9 Å². The van der Waals surface area contributed by atoms with Crippen LogP contribution in [0.5, 0.6) is 5.75 Å². The van der Waals surface area contributed by atoms with Crippen molar-refractivity contribution in [2.45, 2.75) is 13.8 Å². The molecule has 4 N–H and O–H groups in total. The van der Waals surface area contributed by atoms with Crippen LogP contribution in [0, 0.1) is 5.92 Å². The second-order valence-electron chi connectivity index (χ2n) is 4.30. The van der Waals surface area contributed by atoms with E-state index < -0.39 is 10.2 Å². The van der Waals surface area contributed by atoms with Gasteiger partial charge >= 0.3 is 0 Å². The predicted molar refractivity (Wildman–Crippen MR) is 72.8 cm³/mol. The average Bonchev–Trinajstić information content (AvgIpc) is 2.29. The Bertz CT molecular complexity index is 500. The van der Waals surface area contributed by atoms with Crippen LogP contribution in [0.3, 0.4) is 0 Å². The Labute approximate surface area is 108 Å². The summed E-state index contributed by atoms with van der Waals surface area (Å²) in [6.07, 6.45) is 0. The standard InChI is InChI=1S/C11H19N3O3S/c1-8(2)7-13-18(15,16)14-9-4-5-10(12)11(6-9)17-3/h4-6,8,13-14H,7,12H2,1-3H3. The minimum atomic E-state index is -3.56. The van der Waals surface area contributed by atoms with E-state index >= 15 is 0 Å². The molecule has 0 aliphatic heterocycles. The van der Waals surface area contributed by atoms with E-state index in [1.165, 1.54) is 13.2 Å². The molecule has 0 heterocycles. The zero-order valence-corrected chi connectivity index (χ0v) is 11.5. The summed E-state index contributed by atoms with van der Waals surface area (Å²) >= 11 is 0. The molecule has 6 nitrogen and oxygen atoms in total. The van der Waals surface area contributed by atoms with Crippen LogP contribution in [0.2, 0.25) is 0 Å². The van der Waals surface area contributed by atoms with Crippen molar-refractivity contribution in [2.75, 3.05) is 24.1 Å². The maximum atomic E-state index is 11.7. The van der Waals surface area contributed by atoms with Crippen molar-refractivity contribution >= 4 is 21.6 Å². The summed E-state index contributed by atoms with van der Waals surface area (Å²) in [4.78, 5) is 0. The number of rotatable bonds is 6. The molecule has 0 aliphatic rings. The molecule has 0 fully saturated rings. The van der Waals surface area contributed by atoms with E-state index in [0.29, 0.717) is 23.7 Å². The Morgan fingerprint density at radius 1 is 1.39 bits per heavy atom. The molecule has 1 aromatic rings. The van der Waals surface area contributed by atoms with Gasteiger partial charge in [0.25, 0.3) is 10.2 Å². The van der Waals surface area contributed by atoms with Crippen molar-refractivity contribution in [1.29, 1.82) is 0 Å². The Hall–Kier alpha value is -1.47. The summed E-state index contributed by atoms with van der Waals surface area (Å²) in [7, 11) is -2.09. The second kappa shape index (κ2) is 5.92. The fraction of sp³-hybridized carbons (Fsp3) is 0.455. The summed E-state index contributed by atoms with van der Waals surface area (Å²) < 4.78 is 33.3. The molecule has 0 aliphatic carbocycles. The molecule has 0 radical (unpaired) electrons. The van der Waals surface area contributed by atoms with Crippen LogP contribution in [0.25, 0.3) is 0 Å². The molecule has 0 saturated heterocycles. The zero-order valence-electron chi connectivity index (χ0n) is 10.7. The number of hydrogen-bond acceptors (Lipinski definition) is 4. The van der Waals surface area contributed by atoms with E-state index in [0.717, 1.165) is 0 Å². The quantitative estimate of drug-likeness (QED) is 0.678. The van der Waals surface area contributed by atoms with Crippen LogP contribution in [-0.2, 0) is 10.2 Å². The van der Waals surface area contributed by atoms with Gasteiger partial charge in [-0.1, -0.05) is 13.8 Å². The summed E-state index contributed by atoms with van der Waals surface area (Å²) in [5.41, 5.74) is 6.50. The molecule has 0 saturated carbocycles. The summed E-state index contributed by atoms with van der Waals surface area (Å²) in [5.74, 6) is 0.668. The minimum Gasteiger partial charge on any atom is -0.495 e. The fourth-order valence-corrected chi connectivity index (χ4v) is 2.30. The lowest BCUT2D eigenvalue weighted by Gasteiger charge is -2.12. The van der Waals surface area contributed by atoms with Crippen molar-refractivity contribution in [2.24, 2.45) is 5.92 Å². The first-order valence-electron chi connectivity index (χ1n) is 5.55. The normalized spacial score (nSPS) is 11.6. The van der Waals surface area contributed by atoms with E-state index in [1.807, 2.05) is 13.8 Å². The van der Waals surface area contributed by atoms with Gasteiger partial charge in [0.05, 0.1) is 18.5 Å². The number of nitrogen functional groups attached to an aromatic ring is 1. The van der Waals surface area contributed by atoms with Gasteiger partial charge in [-0.2, -0.15) is 13.1 Å². The van der Waals surface area contributed by atoms with Crippen molar-refractivity contribution in [3.63, 3.8) is 0 Å². The molecule has 0 aromatic heterocycles. The lowest BCUT2D eigenvalue weighted by atomic mass is 10.2. The number of hydrogen-bond donors (Lipinski definition) is 3. The van der Waals surface area contributed by atoms with E-state index in [9.17, 15) is 8.42 Å². The van der Waals surface area contributed by atoms with Crippen molar-refractivity contribution in [1.82, 2.24) is 4.72 Å². The molecule has 0 unspecified atom stereocenters. The van der Waals surface area contributed by atoms with E-state index in [1.54, 1.807) is 12.1 Å². The van der Waals surface area contributed by atoms with Crippen LogP contribution in [0.15, 0.2) is 18.2 Å². The first-order valence-corrected chi connectivity index (χ1v) is 7.03. The molecular formula is C11H19N3O3S. The number of benzene rings is 1. The van der Waals surface area contributed by atoms with Crippen LogP contribution in [0.1, 0.15) is 13.8 Å². The van der Waals surface area contributed by atoms with Crippen molar-refractivity contribution in [3.8, 4) is 5.75 Å². The Kier molecular flexibility index (Phi) is 4.80. The van der Waals surface area contributed by atoms with Crippen LogP contribution in [-0.4, -0.2) is 22.1 Å². The van der Waals surface area contributed by atoms with E-state index in [4.69, 9.17) is 10.5 Å². The third-order valence-electron chi connectivity index (χ3n) is 2.17. The molecule has 0 atom stereocenters. The van der Waals surface area contributed by atoms with Gasteiger partial charge in [-0.25, -0.2) is 0 Å². The predicted octanol–water partition coefficient (Wildman–Crippen LogP) is 1.18. The average molecular weight is 273 g/mol. The maximum Gasteiger partial charge on any atom is 0.299 e. The SMILES string of the molecule is COc1cc(NS(=O)(=O)NCC(C)C)ccc1N. The van der Waals surface area contributed by atoms with Crippen molar-refractivity contribution < 1.29 is 13.2 Å². The van der Waals surface area contributed by atoms with Gasteiger partial charge in [-0.15, -0.1) is 0 Å².